The van der Waals surface area contributed by atoms with E-state index in [9.17, 15) is 4.79 Å². The summed E-state index contributed by atoms with van der Waals surface area (Å²) in [6, 6.07) is 15.3. The summed E-state index contributed by atoms with van der Waals surface area (Å²) in [5.74, 6) is 1.39. The van der Waals surface area contributed by atoms with Gasteiger partial charge in [-0.25, -0.2) is 9.97 Å². The van der Waals surface area contributed by atoms with Gasteiger partial charge in [0.25, 0.3) is 0 Å². The maximum Gasteiger partial charge on any atom is 0.234 e. The third-order valence-corrected chi connectivity index (χ3v) is 6.79. The van der Waals surface area contributed by atoms with Gasteiger partial charge < -0.3 is 10.1 Å². The van der Waals surface area contributed by atoms with E-state index in [-0.39, 0.29) is 11.7 Å². The van der Waals surface area contributed by atoms with Crippen molar-refractivity contribution < 1.29 is 9.53 Å². The van der Waals surface area contributed by atoms with Crippen molar-refractivity contribution in [1.82, 2.24) is 29.8 Å². The van der Waals surface area contributed by atoms with Crippen molar-refractivity contribution in [2.24, 2.45) is 0 Å². The van der Waals surface area contributed by atoms with Gasteiger partial charge in [0.1, 0.15) is 5.75 Å². The van der Waals surface area contributed by atoms with E-state index >= 15 is 0 Å². The number of amides is 1. The molecule has 0 spiro atoms. The SMILES string of the molecule is CCOc1ccccc1NC(=O)CSc1nc2ccccc2c2nc(CCc3c(C)n[nH]c3C)nn12. The first-order valence-electron chi connectivity index (χ1n) is 11.8. The first-order chi connectivity index (χ1) is 17.5. The summed E-state index contributed by atoms with van der Waals surface area (Å²) in [4.78, 5) is 22.4. The number of aromatic amines is 1. The number of carbonyl (C=O) groups is 1. The smallest absolute Gasteiger partial charge is 0.234 e. The molecule has 0 aliphatic carbocycles. The Hall–Kier alpha value is -3.92. The van der Waals surface area contributed by atoms with Gasteiger partial charge in [0, 0.05) is 17.5 Å². The molecule has 0 aliphatic heterocycles. The lowest BCUT2D eigenvalue weighted by atomic mass is 10.1. The van der Waals surface area contributed by atoms with Gasteiger partial charge in [-0.1, -0.05) is 36.0 Å². The number of aryl methyl sites for hydroxylation is 3. The number of fused-ring (bicyclic) bond motifs is 3. The van der Waals surface area contributed by atoms with Crippen molar-refractivity contribution >= 4 is 39.9 Å². The Morgan fingerprint density at radius 3 is 2.69 bits per heavy atom. The van der Waals surface area contributed by atoms with Gasteiger partial charge in [-0.05, 0) is 57.0 Å². The molecule has 2 N–H and O–H groups in total. The highest BCUT2D eigenvalue weighted by molar-refractivity contribution is 7.99. The van der Waals surface area contributed by atoms with Crippen molar-refractivity contribution in [2.75, 3.05) is 17.7 Å². The Morgan fingerprint density at radius 1 is 1.08 bits per heavy atom. The number of H-pyrrole nitrogens is 1. The second-order valence-corrected chi connectivity index (χ2v) is 9.30. The quantitative estimate of drug-likeness (QED) is 0.225. The van der Waals surface area contributed by atoms with Crippen LogP contribution in [0.2, 0.25) is 0 Å². The van der Waals surface area contributed by atoms with Crippen LogP contribution < -0.4 is 10.1 Å². The number of rotatable bonds is 9. The number of benzene rings is 2. The van der Waals surface area contributed by atoms with Crippen LogP contribution in [0.1, 0.15) is 29.7 Å². The summed E-state index contributed by atoms with van der Waals surface area (Å²) in [7, 11) is 0. The maximum atomic E-state index is 12.8. The molecule has 3 heterocycles. The molecule has 0 fully saturated rings. The molecule has 0 saturated carbocycles. The van der Waals surface area contributed by atoms with Crippen molar-refractivity contribution in [2.45, 2.75) is 38.8 Å². The molecule has 1 amide bonds. The van der Waals surface area contributed by atoms with Crippen molar-refractivity contribution in [3.05, 3.63) is 71.3 Å². The van der Waals surface area contributed by atoms with Gasteiger partial charge in [0.2, 0.25) is 5.91 Å². The predicted octanol–water partition coefficient (Wildman–Crippen LogP) is 4.53. The number of aromatic nitrogens is 6. The molecule has 5 aromatic rings. The summed E-state index contributed by atoms with van der Waals surface area (Å²) in [6.07, 6.45) is 1.47. The number of ether oxygens (including phenoxy) is 1. The zero-order valence-electron chi connectivity index (χ0n) is 20.4. The van der Waals surface area contributed by atoms with E-state index in [0.29, 0.717) is 29.6 Å². The molecule has 0 bridgehead atoms. The van der Waals surface area contributed by atoms with Crippen LogP contribution in [-0.4, -0.2) is 48.0 Å². The molecule has 0 aliphatic rings. The van der Waals surface area contributed by atoms with Gasteiger partial charge >= 0.3 is 0 Å². The Balaban J connectivity index is 1.38. The number of nitrogens with one attached hydrogen (secondary N) is 2. The van der Waals surface area contributed by atoms with Crippen LogP contribution in [0.4, 0.5) is 5.69 Å². The van der Waals surface area contributed by atoms with E-state index in [1.807, 2.05) is 69.3 Å². The maximum absolute atomic E-state index is 12.8. The van der Waals surface area contributed by atoms with Gasteiger partial charge in [-0.3, -0.25) is 9.89 Å². The largest absolute Gasteiger partial charge is 0.492 e. The molecule has 9 nitrogen and oxygen atoms in total. The zero-order chi connectivity index (χ0) is 25.1. The summed E-state index contributed by atoms with van der Waals surface area (Å²) in [5, 5.41) is 16.6. The Kier molecular flexibility index (Phi) is 6.86. The molecule has 0 radical (unpaired) electrons. The van der Waals surface area contributed by atoms with E-state index in [1.54, 1.807) is 4.52 Å². The van der Waals surface area contributed by atoms with Gasteiger partial charge in [0.05, 0.1) is 29.3 Å². The van der Waals surface area contributed by atoms with Crippen molar-refractivity contribution in [1.29, 1.82) is 0 Å². The molecule has 5 rings (SSSR count). The highest BCUT2D eigenvalue weighted by Gasteiger charge is 2.16. The number of hydrogen-bond donors (Lipinski definition) is 2. The van der Waals surface area contributed by atoms with Gasteiger partial charge in [-0.15, -0.1) is 5.10 Å². The van der Waals surface area contributed by atoms with Crippen LogP contribution in [0.15, 0.2) is 53.7 Å². The molecule has 0 saturated heterocycles. The first-order valence-corrected chi connectivity index (χ1v) is 12.8. The molecule has 2 aromatic carbocycles. The number of thioether (sulfide) groups is 1. The third-order valence-electron chi connectivity index (χ3n) is 5.87. The lowest BCUT2D eigenvalue weighted by Crippen LogP contribution is -2.15. The van der Waals surface area contributed by atoms with E-state index in [2.05, 4.69) is 15.5 Å². The molecular formula is C26H27N7O2S. The normalized spacial score (nSPS) is 11.3. The summed E-state index contributed by atoms with van der Waals surface area (Å²) < 4.78 is 7.36. The predicted molar refractivity (Wildman–Crippen MR) is 141 cm³/mol. The van der Waals surface area contributed by atoms with Crippen molar-refractivity contribution in [3.63, 3.8) is 0 Å². The second kappa shape index (κ2) is 10.4. The Bertz CT molecular complexity index is 1520. The molecule has 3 aromatic heterocycles. The minimum absolute atomic E-state index is 0.151. The van der Waals surface area contributed by atoms with E-state index in [4.69, 9.17) is 19.8 Å². The molecule has 36 heavy (non-hydrogen) atoms. The van der Waals surface area contributed by atoms with E-state index in [0.717, 1.165) is 40.2 Å². The minimum Gasteiger partial charge on any atom is -0.492 e. The second-order valence-electron chi connectivity index (χ2n) is 8.35. The summed E-state index contributed by atoms with van der Waals surface area (Å²) >= 11 is 1.33. The van der Waals surface area contributed by atoms with Crippen molar-refractivity contribution in [3.8, 4) is 5.75 Å². The zero-order valence-corrected chi connectivity index (χ0v) is 21.2. The van der Waals surface area contributed by atoms with Gasteiger partial charge in [0.15, 0.2) is 16.6 Å². The average Bonchev–Trinajstić information content (AvgIpc) is 3.45. The average molecular weight is 502 g/mol. The van der Waals surface area contributed by atoms with Crippen LogP contribution >= 0.6 is 11.8 Å². The molecular weight excluding hydrogens is 474 g/mol. The minimum atomic E-state index is -0.151. The number of hydrogen-bond acceptors (Lipinski definition) is 7. The van der Waals surface area contributed by atoms with E-state index in [1.165, 1.54) is 17.3 Å². The molecule has 184 valence electrons. The monoisotopic (exact) mass is 501 g/mol. The fourth-order valence-electron chi connectivity index (χ4n) is 4.12. The van der Waals surface area contributed by atoms with Crippen LogP contribution in [0.25, 0.3) is 16.6 Å². The van der Waals surface area contributed by atoms with Crippen LogP contribution in [0.3, 0.4) is 0 Å². The van der Waals surface area contributed by atoms with Crippen LogP contribution in [0.5, 0.6) is 5.75 Å². The van der Waals surface area contributed by atoms with Crippen LogP contribution in [0, 0.1) is 13.8 Å². The van der Waals surface area contributed by atoms with Gasteiger partial charge in [-0.2, -0.15) is 9.61 Å². The number of para-hydroxylation sites is 3. The standard InChI is InChI=1S/C26H27N7O2S/c1-4-35-22-12-8-7-11-21(22)27-24(34)15-36-26-28-20-10-6-5-9-19(20)25-29-23(32-33(25)26)14-13-18-16(2)30-31-17(18)3/h5-12H,4,13-15H2,1-3H3,(H,27,34)(H,30,31). The fraction of sp³-hybridized carbons (Fsp3) is 0.269. The first kappa shape index (κ1) is 23.8. The third kappa shape index (κ3) is 4.90. The lowest BCUT2D eigenvalue weighted by Gasteiger charge is -2.11. The highest BCUT2D eigenvalue weighted by Crippen LogP contribution is 2.26. The fourth-order valence-corrected chi connectivity index (χ4v) is 4.86. The number of nitrogens with zero attached hydrogens (tertiary/aromatic N) is 5. The summed E-state index contributed by atoms with van der Waals surface area (Å²) in [5.41, 5.74) is 5.45. The van der Waals surface area contributed by atoms with E-state index < -0.39 is 0 Å². The Labute approximate surface area is 212 Å². The number of carbonyl (C=O) groups excluding carboxylic acids is 1. The molecule has 0 unspecified atom stereocenters. The molecule has 10 heteroatoms. The Morgan fingerprint density at radius 2 is 1.89 bits per heavy atom. The molecule has 0 atom stereocenters. The summed E-state index contributed by atoms with van der Waals surface area (Å²) in [6.45, 7) is 6.46. The lowest BCUT2D eigenvalue weighted by molar-refractivity contribution is -0.113. The highest BCUT2D eigenvalue weighted by atomic mass is 32.2. The van der Waals surface area contributed by atoms with Crippen LogP contribution in [-0.2, 0) is 17.6 Å². The number of anilines is 1. The topological polar surface area (TPSA) is 110 Å².